The molecule has 0 aromatic carbocycles. The highest BCUT2D eigenvalue weighted by Gasteiger charge is 1.15. The lowest BCUT2D eigenvalue weighted by Gasteiger charge is -1.31. The van der Waals surface area contributed by atoms with Gasteiger partial charge < -0.3 is 0 Å². The summed E-state index contributed by atoms with van der Waals surface area (Å²) in [5, 5.41) is 0. The van der Waals surface area contributed by atoms with Crippen LogP contribution in [0.4, 0.5) is 0 Å². The normalized spacial score (nSPS) is 1.44. The van der Waals surface area contributed by atoms with Crippen LogP contribution in [0.3, 0.4) is 0 Å². The lowest BCUT2D eigenvalue weighted by Crippen LogP contribution is -1.07. The predicted molar refractivity (Wildman–Crippen MR) is 78.2 cm³/mol. The van der Waals surface area contributed by atoms with Gasteiger partial charge in [0, 0.05) is 0 Å². The number of allylic oxidation sites excluding steroid dienone is 1. The number of hydrogen-bond acceptors (Lipinski definition) is 0. The van der Waals surface area contributed by atoms with Gasteiger partial charge in [0.1, 0.15) is 0 Å². The minimum Gasteiger partial charge on any atom is -0.197 e. The van der Waals surface area contributed by atoms with Gasteiger partial charge in [-0.25, -0.2) is 0 Å². The van der Waals surface area contributed by atoms with Gasteiger partial charge in [-0.1, -0.05) is 6.08 Å². The van der Waals surface area contributed by atoms with Gasteiger partial charge in [-0.2, -0.15) is 81.0 Å². The molecule has 0 saturated heterocycles. The summed E-state index contributed by atoms with van der Waals surface area (Å²) in [6.07, 6.45) is 1.75. The van der Waals surface area contributed by atoms with Crippen molar-refractivity contribution in [3.8, 4) is 0 Å². The van der Waals surface area contributed by atoms with Crippen molar-refractivity contribution < 1.29 is 0 Å². The lowest BCUT2D eigenvalue weighted by atomic mass is 10.8. The minimum atomic E-state index is 0. The van der Waals surface area contributed by atoms with E-state index in [1.165, 1.54) is 0 Å². The molecule has 0 aliphatic carbocycles. The standard InChI is InChI=1S/C3H6.6H2S/c1-3-2;;;;;;/h3H,1H2,2H3;6*1H2. The van der Waals surface area contributed by atoms with E-state index in [2.05, 4.69) is 6.58 Å². The van der Waals surface area contributed by atoms with Gasteiger partial charge in [0.05, 0.1) is 0 Å². The van der Waals surface area contributed by atoms with Crippen molar-refractivity contribution in [1.29, 1.82) is 0 Å². The molecule has 0 saturated carbocycles. The zero-order valence-corrected chi connectivity index (χ0v) is 11.3. The van der Waals surface area contributed by atoms with Crippen LogP contribution in [0.2, 0.25) is 0 Å². The van der Waals surface area contributed by atoms with Crippen molar-refractivity contribution in [3.63, 3.8) is 0 Å². The first-order chi connectivity index (χ1) is 1.41. The topological polar surface area (TPSA) is 0 Å². The van der Waals surface area contributed by atoms with E-state index in [1.54, 1.807) is 6.08 Å². The zero-order valence-electron chi connectivity index (χ0n) is 5.28. The smallest absolute Gasteiger partial charge is 0.0473 e. The SMILES string of the molecule is C=CC.S.S.S.S.S.S. The van der Waals surface area contributed by atoms with E-state index >= 15 is 0 Å². The van der Waals surface area contributed by atoms with Crippen molar-refractivity contribution in [2.75, 3.05) is 0 Å². The second kappa shape index (κ2) is 95.3. The van der Waals surface area contributed by atoms with Crippen LogP contribution < -0.4 is 0 Å². The Labute approximate surface area is 99.9 Å². The summed E-state index contributed by atoms with van der Waals surface area (Å²) in [5.41, 5.74) is 0. The molecule has 0 spiro atoms. The van der Waals surface area contributed by atoms with Crippen LogP contribution in [0.25, 0.3) is 0 Å². The molecular formula is C3H18S6. The molecule has 0 radical (unpaired) electrons. The molecule has 6 heteroatoms. The summed E-state index contributed by atoms with van der Waals surface area (Å²) in [4.78, 5) is 0. The molecule has 9 heavy (non-hydrogen) atoms. The highest BCUT2D eigenvalue weighted by Crippen LogP contribution is 1.38. The van der Waals surface area contributed by atoms with Gasteiger partial charge in [-0.3, -0.25) is 0 Å². The maximum atomic E-state index is 3.36. The second-order valence-electron chi connectivity index (χ2n) is 0.408. The lowest BCUT2D eigenvalue weighted by molar-refractivity contribution is 1.80. The highest BCUT2D eigenvalue weighted by atomic mass is 32.1. The first kappa shape index (κ1) is 71.2. The molecular weight excluding hydrogens is 228 g/mol. The Balaban J connectivity index is -0.00000000133. The summed E-state index contributed by atoms with van der Waals surface area (Å²) in [6.45, 7) is 5.25. The molecule has 0 N–H and O–H groups in total. The van der Waals surface area contributed by atoms with Crippen LogP contribution in [0, 0.1) is 0 Å². The van der Waals surface area contributed by atoms with E-state index in [9.17, 15) is 0 Å². The maximum absolute atomic E-state index is 3.36. The first-order valence-electron chi connectivity index (χ1n) is 0.986. The molecule has 0 rings (SSSR count). The van der Waals surface area contributed by atoms with Crippen molar-refractivity contribution in [1.82, 2.24) is 0 Å². The molecule has 0 amide bonds. The van der Waals surface area contributed by atoms with Gasteiger partial charge in [-0.05, 0) is 6.92 Å². The quantitative estimate of drug-likeness (QED) is 0.573. The number of hydrogen-bond donors (Lipinski definition) is 0. The Morgan fingerprint density at radius 1 is 0.778 bits per heavy atom. The molecule has 66 valence electrons. The third kappa shape index (κ3) is 179. The fourth-order valence-corrected chi connectivity index (χ4v) is 0. The highest BCUT2D eigenvalue weighted by molar-refractivity contribution is 7.60. The fraction of sp³-hybridized carbons (Fsp3) is 0.333. The largest absolute Gasteiger partial charge is 0.197 e. The monoisotopic (exact) mass is 246 g/mol. The van der Waals surface area contributed by atoms with Gasteiger partial charge in [0.15, 0.2) is 0 Å². The third-order valence-electron chi connectivity index (χ3n) is 0. The van der Waals surface area contributed by atoms with Crippen LogP contribution in [-0.4, -0.2) is 0 Å². The van der Waals surface area contributed by atoms with E-state index in [1.807, 2.05) is 6.92 Å². The molecule has 0 unspecified atom stereocenters. The van der Waals surface area contributed by atoms with Crippen LogP contribution >= 0.6 is 81.0 Å². The van der Waals surface area contributed by atoms with E-state index in [4.69, 9.17) is 0 Å². The summed E-state index contributed by atoms with van der Waals surface area (Å²) < 4.78 is 0. The Bertz CT molecular complexity index is 15.8. The summed E-state index contributed by atoms with van der Waals surface area (Å²) in [6, 6.07) is 0. The number of rotatable bonds is 0. The van der Waals surface area contributed by atoms with Crippen LogP contribution in [-0.2, 0) is 0 Å². The summed E-state index contributed by atoms with van der Waals surface area (Å²) in [5.74, 6) is 0. The van der Waals surface area contributed by atoms with E-state index in [0.717, 1.165) is 0 Å². The average molecular weight is 247 g/mol. The van der Waals surface area contributed by atoms with Crippen molar-refractivity contribution in [2.45, 2.75) is 6.92 Å². The molecule has 0 aromatic rings. The van der Waals surface area contributed by atoms with Crippen LogP contribution in [0.15, 0.2) is 12.7 Å². The Morgan fingerprint density at radius 3 is 0.778 bits per heavy atom. The zero-order chi connectivity index (χ0) is 2.71. The van der Waals surface area contributed by atoms with Gasteiger partial charge in [-0.15, -0.1) is 6.58 Å². The molecule has 0 atom stereocenters. The summed E-state index contributed by atoms with van der Waals surface area (Å²) in [7, 11) is 0. The molecule has 0 aliphatic heterocycles. The Hall–Kier alpha value is 1.84. The second-order valence-corrected chi connectivity index (χ2v) is 0.408. The molecule has 0 heterocycles. The predicted octanol–water partition coefficient (Wildman–Crippen LogP) is 1.87. The van der Waals surface area contributed by atoms with Gasteiger partial charge >= 0.3 is 0 Å². The fourth-order valence-electron chi connectivity index (χ4n) is 0. The summed E-state index contributed by atoms with van der Waals surface area (Å²) >= 11 is 0. The van der Waals surface area contributed by atoms with Gasteiger partial charge in [0.25, 0.3) is 0 Å². The Morgan fingerprint density at radius 2 is 0.778 bits per heavy atom. The van der Waals surface area contributed by atoms with Crippen LogP contribution in [0.1, 0.15) is 6.92 Å². The van der Waals surface area contributed by atoms with Crippen molar-refractivity contribution >= 4 is 81.0 Å². The van der Waals surface area contributed by atoms with Crippen molar-refractivity contribution in [2.24, 2.45) is 0 Å². The van der Waals surface area contributed by atoms with E-state index in [-0.39, 0.29) is 81.0 Å². The molecule has 0 bridgehead atoms. The maximum Gasteiger partial charge on any atom is -0.0473 e. The average Bonchev–Trinajstić information content (AvgIpc) is 0.918. The third-order valence-corrected chi connectivity index (χ3v) is 0. The van der Waals surface area contributed by atoms with E-state index < -0.39 is 0 Å². The van der Waals surface area contributed by atoms with Gasteiger partial charge in [0.2, 0.25) is 0 Å². The van der Waals surface area contributed by atoms with Crippen molar-refractivity contribution in [3.05, 3.63) is 12.7 Å². The first-order valence-corrected chi connectivity index (χ1v) is 0.986. The molecule has 0 nitrogen and oxygen atoms in total. The molecule has 0 fully saturated rings. The Kier molecular flexibility index (Phi) is 754. The minimum absolute atomic E-state index is 0. The molecule has 0 aromatic heterocycles. The van der Waals surface area contributed by atoms with Crippen LogP contribution in [0.5, 0.6) is 0 Å². The van der Waals surface area contributed by atoms with E-state index in [0.29, 0.717) is 0 Å². The molecule has 0 aliphatic rings.